The van der Waals surface area contributed by atoms with Crippen molar-refractivity contribution in [3.05, 3.63) is 59.3 Å². The van der Waals surface area contributed by atoms with E-state index in [0.29, 0.717) is 11.1 Å². The van der Waals surface area contributed by atoms with Gasteiger partial charge in [0.1, 0.15) is 11.4 Å². The summed E-state index contributed by atoms with van der Waals surface area (Å²) in [5.41, 5.74) is -0.520. The monoisotopic (exact) mass is 346 g/mol. The topological polar surface area (TPSA) is 88.8 Å². The van der Waals surface area contributed by atoms with Crippen molar-refractivity contribution in [3.8, 4) is 0 Å². The number of carbonyl (C=O) groups excluding carboxylic acids is 3. The highest BCUT2D eigenvalue weighted by Gasteiger charge is 2.49. The number of nitrogens with one attached hydrogen (secondary N) is 1. The van der Waals surface area contributed by atoms with Crippen molar-refractivity contribution in [1.29, 1.82) is 0 Å². The number of hydrogen-bond acceptors (Lipinski definition) is 5. The standard InChI is InChI=1S/C17H15FN2O5/c1-17(11-3-5-12(18)6-4-11)15(22)20(16(23)19-17)9-10-7-8-25-13(10)14(21)24-2/h3-8H,9H2,1-2H3,(H,19,23). The van der Waals surface area contributed by atoms with Gasteiger partial charge in [-0.2, -0.15) is 0 Å². The van der Waals surface area contributed by atoms with Gasteiger partial charge in [-0.1, -0.05) is 12.1 Å². The first kappa shape index (κ1) is 16.7. The molecule has 0 bridgehead atoms. The van der Waals surface area contributed by atoms with Crippen LogP contribution in [0.4, 0.5) is 9.18 Å². The Morgan fingerprint density at radius 3 is 2.60 bits per heavy atom. The zero-order valence-corrected chi connectivity index (χ0v) is 13.5. The Kier molecular flexibility index (Phi) is 4.03. The molecule has 1 unspecified atom stereocenters. The Bertz CT molecular complexity index is 845. The largest absolute Gasteiger partial charge is 0.463 e. The van der Waals surface area contributed by atoms with Gasteiger partial charge in [-0.15, -0.1) is 0 Å². The molecule has 7 nitrogen and oxygen atoms in total. The number of urea groups is 1. The molecule has 1 aromatic carbocycles. The third-order valence-corrected chi connectivity index (χ3v) is 4.14. The van der Waals surface area contributed by atoms with Crippen LogP contribution in [0.1, 0.15) is 28.6 Å². The third kappa shape index (κ3) is 2.75. The van der Waals surface area contributed by atoms with Crippen LogP contribution >= 0.6 is 0 Å². The van der Waals surface area contributed by atoms with E-state index in [-0.39, 0.29) is 12.3 Å². The zero-order valence-electron chi connectivity index (χ0n) is 13.5. The highest BCUT2D eigenvalue weighted by atomic mass is 19.1. The van der Waals surface area contributed by atoms with Gasteiger partial charge in [0.15, 0.2) is 0 Å². The molecule has 1 aliphatic rings. The maximum Gasteiger partial charge on any atom is 0.374 e. The van der Waals surface area contributed by atoms with Crippen LogP contribution in [0, 0.1) is 5.82 Å². The normalized spacial score (nSPS) is 19.9. The molecule has 1 aromatic heterocycles. The number of furan rings is 1. The molecule has 8 heteroatoms. The summed E-state index contributed by atoms with van der Waals surface area (Å²) in [6, 6.07) is 6.18. The molecule has 130 valence electrons. The summed E-state index contributed by atoms with van der Waals surface area (Å²) in [6.45, 7) is 1.39. The second kappa shape index (κ2) is 6.04. The van der Waals surface area contributed by atoms with E-state index >= 15 is 0 Å². The van der Waals surface area contributed by atoms with Crippen molar-refractivity contribution < 1.29 is 27.9 Å². The molecule has 0 radical (unpaired) electrons. The van der Waals surface area contributed by atoms with E-state index in [1.54, 1.807) is 0 Å². The highest BCUT2D eigenvalue weighted by molar-refractivity contribution is 6.07. The molecule has 3 rings (SSSR count). The van der Waals surface area contributed by atoms with Gasteiger partial charge in [0.25, 0.3) is 5.91 Å². The van der Waals surface area contributed by atoms with E-state index < -0.39 is 29.3 Å². The Balaban J connectivity index is 1.88. The van der Waals surface area contributed by atoms with Gasteiger partial charge in [0.05, 0.1) is 19.9 Å². The number of nitrogens with zero attached hydrogens (tertiary/aromatic N) is 1. The molecular weight excluding hydrogens is 331 g/mol. The van der Waals surface area contributed by atoms with Gasteiger partial charge in [-0.3, -0.25) is 9.69 Å². The SMILES string of the molecule is COC(=O)c1occc1CN1C(=O)NC(C)(c2ccc(F)cc2)C1=O. The van der Waals surface area contributed by atoms with E-state index in [2.05, 4.69) is 10.1 Å². The number of benzene rings is 1. The van der Waals surface area contributed by atoms with Crippen molar-refractivity contribution in [1.82, 2.24) is 10.2 Å². The molecule has 0 saturated carbocycles. The van der Waals surface area contributed by atoms with Crippen molar-refractivity contribution >= 4 is 17.9 Å². The summed E-state index contributed by atoms with van der Waals surface area (Å²) in [5, 5.41) is 2.61. The first-order valence-corrected chi connectivity index (χ1v) is 7.41. The van der Waals surface area contributed by atoms with Crippen LogP contribution in [-0.2, 0) is 21.6 Å². The number of hydrogen-bond donors (Lipinski definition) is 1. The van der Waals surface area contributed by atoms with E-state index in [9.17, 15) is 18.8 Å². The Morgan fingerprint density at radius 2 is 1.96 bits per heavy atom. The van der Waals surface area contributed by atoms with Gasteiger partial charge in [0, 0.05) is 5.56 Å². The van der Waals surface area contributed by atoms with Crippen molar-refractivity contribution in [2.24, 2.45) is 0 Å². The molecule has 1 aliphatic heterocycles. The van der Waals surface area contributed by atoms with Crippen LogP contribution in [0.2, 0.25) is 0 Å². The lowest BCUT2D eigenvalue weighted by atomic mass is 9.92. The summed E-state index contributed by atoms with van der Waals surface area (Å²) in [5.74, 6) is -1.73. The zero-order chi connectivity index (χ0) is 18.2. The lowest BCUT2D eigenvalue weighted by molar-refractivity contribution is -0.131. The van der Waals surface area contributed by atoms with Crippen molar-refractivity contribution in [2.45, 2.75) is 19.0 Å². The lowest BCUT2D eigenvalue weighted by Gasteiger charge is -2.22. The predicted octanol–water partition coefficient (Wildman–Crippen LogP) is 2.17. The van der Waals surface area contributed by atoms with E-state index in [1.165, 1.54) is 50.6 Å². The fraction of sp³-hybridized carbons (Fsp3) is 0.235. The first-order valence-electron chi connectivity index (χ1n) is 7.41. The predicted molar refractivity (Wildman–Crippen MR) is 82.9 cm³/mol. The highest BCUT2D eigenvalue weighted by Crippen LogP contribution is 2.30. The van der Waals surface area contributed by atoms with Crippen LogP contribution in [0.5, 0.6) is 0 Å². The molecule has 0 spiro atoms. The van der Waals surface area contributed by atoms with Crippen LogP contribution < -0.4 is 5.32 Å². The average molecular weight is 346 g/mol. The van der Waals surface area contributed by atoms with Crippen molar-refractivity contribution in [3.63, 3.8) is 0 Å². The molecule has 1 saturated heterocycles. The molecule has 3 amide bonds. The molecular formula is C17H15FN2O5. The van der Waals surface area contributed by atoms with Gasteiger partial charge in [-0.25, -0.2) is 14.0 Å². The fourth-order valence-corrected chi connectivity index (χ4v) is 2.72. The number of ether oxygens (including phenoxy) is 1. The van der Waals surface area contributed by atoms with E-state index in [1.807, 2.05) is 0 Å². The molecule has 2 heterocycles. The second-order valence-electron chi connectivity index (χ2n) is 5.72. The van der Waals surface area contributed by atoms with Crippen LogP contribution in [0.25, 0.3) is 0 Å². The number of halogens is 1. The van der Waals surface area contributed by atoms with Crippen LogP contribution in [0.3, 0.4) is 0 Å². The molecule has 25 heavy (non-hydrogen) atoms. The Morgan fingerprint density at radius 1 is 1.28 bits per heavy atom. The first-order chi connectivity index (χ1) is 11.9. The fourth-order valence-electron chi connectivity index (χ4n) is 2.72. The number of esters is 1. The smallest absolute Gasteiger partial charge is 0.374 e. The van der Waals surface area contributed by atoms with E-state index in [4.69, 9.17) is 4.42 Å². The number of methoxy groups -OCH3 is 1. The Labute approximate surface area is 142 Å². The number of imide groups is 1. The second-order valence-corrected chi connectivity index (χ2v) is 5.72. The maximum absolute atomic E-state index is 13.1. The minimum atomic E-state index is -1.32. The van der Waals surface area contributed by atoms with Crippen molar-refractivity contribution in [2.75, 3.05) is 7.11 Å². The molecule has 0 aliphatic carbocycles. The van der Waals surface area contributed by atoms with Gasteiger partial charge in [-0.05, 0) is 30.7 Å². The summed E-state index contributed by atoms with van der Waals surface area (Å²) in [7, 11) is 1.20. The van der Waals surface area contributed by atoms with Gasteiger partial charge in [0.2, 0.25) is 5.76 Å². The molecule has 1 atom stereocenters. The molecule has 2 aromatic rings. The maximum atomic E-state index is 13.1. The van der Waals surface area contributed by atoms with Crippen LogP contribution in [0.15, 0.2) is 41.0 Å². The summed E-state index contributed by atoms with van der Waals surface area (Å²) >= 11 is 0. The van der Waals surface area contributed by atoms with Crippen LogP contribution in [-0.4, -0.2) is 29.9 Å². The number of carbonyl (C=O) groups is 3. The minimum Gasteiger partial charge on any atom is -0.463 e. The molecule has 1 N–H and O–H groups in total. The quantitative estimate of drug-likeness (QED) is 0.677. The molecule has 1 fully saturated rings. The van der Waals surface area contributed by atoms with E-state index in [0.717, 1.165) is 4.90 Å². The summed E-state index contributed by atoms with van der Waals surface area (Å²) < 4.78 is 22.8. The summed E-state index contributed by atoms with van der Waals surface area (Å²) in [4.78, 5) is 37.7. The van der Waals surface area contributed by atoms with Gasteiger partial charge < -0.3 is 14.5 Å². The number of rotatable bonds is 4. The average Bonchev–Trinajstić information content (AvgIpc) is 3.14. The Hall–Kier alpha value is -3.16. The number of amides is 3. The lowest BCUT2D eigenvalue weighted by Crippen LogP contribution is -2.40. The summed E-state index contributed by atoms with van der Waals surface area (Å²) in [6.07, 6.45) is 1.28. The third-order valence-electron chi connectivity index (χ3n) is 4.14. The minimum absolute atomic E-state index is 0.0708. The van der Waals surface area contributed by atoms with Gasteiger partial charge >= 0.3 is 12.0 Å².